The number of sulfonamides is 1. The molecule has 6 heteroatoms. The largest absolute Gasteiger partial charge is 0.389 e. The van der Waals surface area contributed by atoms with E-state index in [0.717, 1.165) is 0 Å². The molecule has 1 heterocycles. The van der Waals surface area contributed by atoms with Crippen LogP contribution in [0.5, 0.6) is 0 Å². The molecule has 2 aromatic rings. The molecule has 1 aromatic carbocycles. The molecule has 0 aliphatic heterocycles. The van der Waals surface area contributed by atoms with E-state index in [9.17, 15) is 13.5 Å². The third-order valence-electron chi connectivity index (χ3n) is 3.03. The first kappa shape index (κ1) is 14.5. The average molecular weight is 292 g/mol. The van der Waals surface area contributed by atoms with Crippen LogP contribution in [0.25, 0.3) is 0 Å². The standard InChI is InChI=1S/C14H16N2O3S/c1-11(17)12-5-7-14(8-6-12)20(18,19)16(2)13-4-3-9-15-10-13/h3-11,17H,1-2H3. The molecule has 0 saturated heterocycles. The summed E-state index contributed by atoms with van der Waals surface area (Å²) in [6, 6.07) is 9.55. The van der Waals surface area contributed by atoms with Gasteiger partial charge in [0, 0.05) is 13.2 Å². The number of rotatable bonds is 4. The van der Waals surface area contributed by atoms with Gasteiger partial charge >= 0.3 is 0 Å². The minimum absolute atomic E-state index is 0.174. The van der Waals surface area contributed by atoms with Gasteiger partial charge in [-0.05, 0) is 36.8 Å². The summed E-state index contributed by atoms with van der Waals surface area (Å²) in [5.41, 5.74) is 1.17. The van der Waals surface area contributed by atoms with E-state index < -0.39 is 16.1 Å². The van der Waals surface area contributed by atoms with Gasteiger partial charge in [0.15, 0.2) is 0 Å². The summed E-state index contributed by atoms with van der Waals surface area (Å²) >= 11 is 0. The highest BCUT2D eigenvalue weighted by Crippen LogP contribution is 2.22. The first-order valence-electron chi connectivity index (χ1n) is 6.10. The van der Waals surface area contributed by atoms with E-state index in [-0.39, 0.29) is 4.90 Å². The van der Waals surface area contributed by atoms with Crippen LogP contribution in [0.1, 0.15) is 18.6 Å². The summed E-state index contributed by atoms with van der Waals surface area (Å²) in [7, 11) is -2.14. The Morgan fingerprint density at radius 3 is 2.35 bits per heavy atom. The smallest absolute Gasteiger partial charge is 0.264 e. The Morgan fingerprint density at radius 1 is 1.20 bits per heavy atom. The van der Waals surface area contributed by atoms with Gasteiger partial charge in [-0.25, -0.2) is 8.42 Å². The van der Waals surface area contributed by atoms with Crippen molar-refractivity contribution in [3.63, 3.8) is 0 Å². The van der Waals surface area contributed by atoms with E-state index in [1.165, 1.54) is 29.7 Å². The fraction of sp³-hybridized carbons (Fsp3) is 0.214. The minimum Gasteiger partial charge on any atom is -0.389 e. The molecule has 5 nitrogen and oxygen atoms in total. The quantitative estimate of drug-likeness (QED) is 0.935. The maximum atomic E-state index is 12.4. The van der Waals surface area contributed by atoms with Crippen molar-refractivity contribution in [2.24, 2.45) is 0 Å². The predicted octanol–water partition coefficient (Wildman–Crippen LogP) is 1.96. The molecule has 0 bridgehead atoms. The Labute approximate surface area is 118 Å². The summed E-state index contributed by atoms with van der Waals surface area (Å²) in [6.07, 6.45) is 2.45. The second-order valence-corrected chi connectivity index (χ2v) is 6.40. The van der Waals surface area contributed by atoms with Crippen molar-refractivity contribution in [1.82, 2.24) is 4.98 Å². The highest BCUT2D eigenvalue weighted by molar-refractivity contribution is 7.92. The molecule has 0 radical (unpaired) electrons. The maximum Gasteiger partial charge on any atom is 0.264 e. The highest BCUT2D eigenvalue weighted by Gasteiger charge is 2.21. The Hall–Kier alpha value is -1.92. The molecule has 1 aromatic heterocycles. The molecule has 0 fully saturated rings. The second-order valence-electron chi connectivity index (χ2n) is 4.43. The number of anilines is 1. The molecular formula is C14H16N2O3S. The zero-order valence-electron chi connectivity index (χ0n) is 11.3. The van der Waals surface area contributed by atoms with Crippen LogP contribution < -0.4 is 4.31 Å². The lowest BCUT2D eigenvalue weighted by atomic mass is 10.1. The lowest BCUT2D eigenvalue weighted by Crippen LogP contribution is -2.26. The van der Waals surface area contributed by atoms with Crippen LogP contribution in [0.4, 0.5) is 5.69 Å². The normalized spacial score (nSPS) is 12.9. The van der Waals surface area contributed by atoms with Gasteiger partial charge in [0.2, 0.25) is 0 Å². The number of hydrogen-bond donors (Lipinski definition) is 1. The number of aliphatic hydroxyl groups excluding tert-OH is 1. The zero-order valence-corrected chi connectivity index (χ0v) is 12.1. The molecule has 106 valence electrons. The van der Waals surface area contributed by atoms with Gasteiger partial charge in [-0.2, -0.15) is 0 Å². The minimum atomic E-state index is -3.62. The van der Waals surface area contributed by atoms with Crippen molar-refractivity contribution < 1.29 is 13.5 Å². The van der Waals surface area contributed by atoms with E-state index in [0.29, 0.717) is 11.3 Å². The summed E-state index contributed by atoms with van der Waals surface area (Å²) in [5.74, 6) is 0. The highest BCUT2D eigenvalue weighted by atomic mass is 32.2. The van der Waals surface area contributed by atoms with Crippen molar-refractivity contribution in [1.29, 1.82) is 0 Å². The molecular weight excluding hydrogens is 276 g/mol. The van der Waals surface area contributed by atoms with Gasteiger partial charge in [-0.15, -0.1) is 0 Å². The van der Waals surface area contributed by atoms with Gasteiger partial charge in [0.25, 0.3) is 10.0 Å². The topological polar surface area (TPSA) is 70.5 Å². The number of aliphatic hydroxyl groups is 1. The van der Waals surface area contributed by atoms with E-state index in [1.807, 2.05) is 0 Å². The van der Waals surface area contributed by atoms with Crippen LogP contribution in [0.2, 0.25) is 0 Å². The number of nitrogens with zero attached hydrogens (tertiary/aromatic N) is 2. The van der Waals surface area contributed by atoms with E-state index >= 15 is 0 Å². The fourth-order valence-electron chi connectivity index (χ4n) is 1.76. The van der Waals surface area contributed by atoms with Crippen LogP contribution in [-0.2, 0) is 10.0 Å². The SMILES string of the molecule is CC(O)c1ccc(S(=O)(=O)N(C)c2cccnc2)cc1. The van der Waals surface area contributed by atoms with Gasteiger partial charge in [-0.1, -0.05) is 12.1 Å². The second kappa shape index (κ2) is 5.60. The lowest BCUT2D eigenvalue weighted by molar-refractivity contribution is 0.199. The van der Waals surface area contributed by atoms with Crippen molar-refractivity contribution in [3.8, 4) is 0 Å². The number of pyridine rings is 1. The van der Waals surface area contributed by atoms with Crippen molar-refractivity contribution in [2.45, 2.75) is 17.9 Å². The summed E-state index contributed by atoms with van der Waals surface area (Å²) in [6.45, 7) is 1.63. The number of aromatic nitrogens is 1. The Morgan fingerprint density at radius 2 is 1.85 bits per heavy atom. The van der Waals surface area contributed by atoms with E-state index in [1.54, 1.807) is 37.4 Å². The average Bonchev–Trinajstić information content (AvgIpc) is 2.47. The Balaban J connectivity index is 2.35. The molecule has 0 saturated carbocycles. The van der Waals surface area contributed by atoms with Gasteiger partial charge < -0.3 is 5.11 Å². The van der Waals surface area contributed by atoms with Crippen LogP contribution in [-0.4, -0.2) is 25.6 Å². The van der Waals surface area contributed by atoms with Gasteiger partial charge in [-0.3, -0.25) is 9.29 Å². The third-order valence-corrected chi connectivity index (χ3v) is 4.83. The number of benzene rings is 1. The molecule has 1 unspecified atom stereocenters. The van der Waals surface area contributed by atoms with Crippen LogP contribution in [0.3, 0.4) is 0 Å². The van der Waals surface area contributed by atoms with Crippen LogP contribution in [0.15, 0.2) is 53.7 Å². The molecule has 2 rings (SSSR count). The van der Waals surface area contributed by atoms with Crippen molar-refractivity contribution >= 4 is 15.7 Å². The summed E-state index contributed by atoms with van der Waals surface area (Å²) < 4.78 is 26.1. The molecule has 1 atom stereocenters. The molecule has 20 heavy (non-hydrogen) atoms. The summed E-state index contributed by atoms with van der Waals surface area (Å²) in [5, 5.41) is 9.44. The van der Waals surface area contributed by atoms with Gasteiger partial charge in [0.05, 0.1) is 22.9 Å². The Kier molecular flexibility index (Phi) is 4.06. The number of hydrogen-bond acceptors (Lipinski definition) is 4. The first-order chi connectivity index (χ1) is 9.43. The van der Waals surface area contributed by atoms with Crippen LogP contribution >= 0.6 is 0 Å². The van der Waals surface area contributed by atoms with E-state index in [2.05, 4.69) is 4.98 Å². The molecule has 0 aliphatic rings. The first-order valence-corrected chi connectivity index (χ1v) is 7.54. The lowest BCUT2D eigenvalue weighted by Gasteiger charge is -2.19. The molecule has 0 amide bonds. The van der Waals surface area contributed by atoms with Gasteiger partial charge in [0.1, 0.15) is 0 Å². The predicted molar refractivity (Wildman–Crippen MR) is 76.9 cm³/mol. The van der Waals surface area contributed by atoms with Crippen LogP contribution in [0, 0.1) is 0 Å². The monoisotopic (exact) mass is 292 g/mol. The maximum absolute atomic E-state index is 12.4. The third kappa shape index (κ3) is 2.81. The summed E-state index contributed by atoms with van der Waals surface area (Å²) in [4.78, 5) is 4.09. The molecule has 1 N–H and O–H groups in total. The van der Waals surface area contributed by atoms with Crippen molar-refractivity contribution in [2.75, 3.05) is 11.4 Å². The fourth-order valence-corrected chi connectivity index (χ4v) is 2.94. The molecule has 0 aliphatic carbocycles. The zero-order chi connectivity index (χ0) is 14.8. The van der Waals surface area contributed by atoms with Crippen molar-refractivity contribution in [3.05, 3.63) is 54.4 Å². The Bertz CT molecular complexity index is 667. The molecule has 0 spiro atoms. The van der Waals surface area contributed by atoms with E-state index in [4.69, 9.17) is 0 Å².